The van der Waals surface area contributed by atoms with Crippen molar-refractivity contribution in [2.24, 2.45) is 5.73 Å². The molecule has 2 amide bonds. The van der Waals surface area contributed by atoms with Gasteiger partial charge in [-0.25, -0.2) is 4.39 Å². The summed E-state index contributed by atoms with van der Waals surface area (Å²) in [6, 6.07) is 8.88. The number of nitrogens with two attached hydrogens (primary N) is 1. The van der Waals surface area contributed by atoms with Crippen molar-refractivity contribution in [2.75, 3.05) is 19.7 Å². The van der Waals surface area contributed by atoms with Crippen LogP contribution in [0.2, 0.25) is 5.02 Å². The van der Waals surface area contributed by atoms with Crippen LogP contribution < -0.4 is 16.0 Å². The predicted octanol–water partition coefficient (Wildman–Crippen LogP) is 2.47. The van der Waals surface area contributed by atoms with Gasteiger partial charge < -0.3 is 25.1 Å². The fourth-order valence-corrected chi connectivity index (χ4v) is 4.05. The van der Waals surface area contributed by atoms with Crippen molar-refractivity contribution in [3.05, 3.63) is 63.8 Å². The molecule has 0 spiro atoms. The highest BCUT2D eigenvalue weighted by Crippen LogP contribution is 2.33. The third-order valence-corrected chi connectivity index (χ3v) is 5.76. The fourth-order valence-electron chi connectivity index (χ4n) is 3.78. The van der Waals surface area contributed by atoms with Gasteiger partial charge in [-0.2, -0.15) is 0 Å². The molecule has 1 aliphatic rings. The second-order valence-corrected chi connectivity index (χ2v) is 8.08. The average molecular weight is 474 g/mol. The molecular formula is C23H21ClFN3O5. The van der Waals surface area contributed by atoms with Gasteiger partial charge in [-0.1, -0.05) is 11.6 Å². The Kier molecular flexibility index (Phi) is 6.35. The lowest BCUT2D eigenvalue weighted by Crippen LogP contribution is -2.53. The second-order valence-electron chi connectivity index (χ2n) is 7.67. The van der Waals surface area contributed by atoms with Crippen LogP contribution in [-0.4, -0.2) is 53.6 Å². The van der Waals surface area contributed by atoms with Gasteiger partial charge in [-0.05, 0) is 48.7 Å². The Bertz CT molecular complexity index is 1290. The molecule has 172 valence electrons. The Balaban J connectivity index is 1.59. The molecule has 0 bridgehead atoms. The minimum atomic E-state index is -0.872. The van der Waals surface area contributed by atoms with Gasteiger partial charge >= 0.3 is 0 Å². The van der Waals surface area contributed by atoms with Gasteiger partial charge in [-0.15, -0.1) is 0 Å². The molecular weight excluding hydrogens is 453 g/mol. The molecule has 1 aliphatic heterocycles. The zero-order chi connectivity index (χ0) is 23.7. The Morgan fingerprint density at radius 2 is 2.03 bits per heavy atom. The number of morpholine rings is 1. The summed E-state index contributed by atoms with van der Waals surface area (Å²) in [5, 5.41) is 1.13. The first-order valence-corrected chi connectivity index (χ1v) is 10.6. The van der Waals surface area contributed by atoms with Crippen LogP contribution in [0.1, 0.15) is 6.92 Å². The molecule has 0 radical (unpaired) electrons. The summed E-state index contributed by atoms with van der Waals surface area (Å²) in [6.07, 6.45) is -0.210. The molecule has 4 rings (SSSR count). The van der Waals surface area contributed by atoms with E-state index in [9.17, 15) is 18.8 Å². The van der Waals surface area contributed by atoms with Crippen LogP contribution in [0.3, 0.4) is 0 Å². The van der Waals surface area contributed by atoms with Crippen molar-refractivity contribution in [3.63, 3.8) is 0 Å². The number of nitrogens with one attached hydrogen (secondary N) is 1. The molecule has 33 heavy (non-hydrogen) atoms. The predicted molar refractivity (Wildman–Crippen MR) is 121 cm³/mol. The normalized spacial score (nSPS) is 17.1. The molecule has 2 aromatic carbocycles. The van der Waals surface area contributed by atoms with E-state index < -0.39 is 23.9 Å². The van der Waals surface area contributed by atoms with E-state index in [-0.39, 0.29) is 29.6 Å². The first kappa shape index (κ1) is 22.8. The van der Waals surface area contributed by atoms with E-state index in [1.165, 1.54) is 35.4 Å². The summed E-state index contributed by atoms with van der Waals surface area (Å²) in [7, 11) is 0. The molecule has 10 heteroatoms. The first-order valence-electron chi connectivity index (χ1n) is 10.2. The van der Waals surface area contributed by atoms with Crippen LogP contribution >= 0.6 is 11.6 Å². The molecule has 0 saturated carbocycles. The molecule has 1 unspecified atom stereocenters. The Hall–Kier alpha value is -3.43. The lowest BCUT2D eigenvalue weighted by molar-refractivity contribution is -0.150. The lowest BCUT2D eigenvalue weighted by Gasteiger charge is -2.33. The van der Waals surface area contributed by atoms with Crippen molar-refractivity contribution in [3.8, 4) is 16.9 Å². The summed E-state index contributed by atoms with van der Waals surface area (Å²) in [4.78, 5) is 40.8. The maximum Gasteiger partial charge on any atom is 0.263 e. The van der Waals surface area contributed by atoms with Crippen LogP contribution in [0.25, 0.3) is 21.9 Å². The van der Waals surface area contributed by atoms with Crippen molar-refractivity contribution >= 4 is 34.2 Å². The number of aromatic amines is 1. The number of benzene rings is 2. The van der Waals surface area contributed by atoms with Gasteiger partial charge in [0.2, 0.25) is 5.91 Å². The number of ether oxygens (including phenoxy) is 2. The number of pyridine rings is 1. The minimum absolute atomic E-state index is 0.0566. The van der Waals surface area contributed by atoms with Crippen molar-refractivity contribution in [2.45, 2.75) is 19.1 Å². The molecule has 2 heterocycles. The quantitative estimate of drug-likeness (QED) is 0.590. The lowest BCUT2D eigenvalue weighted by atomic mass is 10.0. The number of halogens is 2. The van der Waals surface area contributed by atoms with Crippen molar-refractivity contribution in [1.82, 2.24) is 9.88 Å². The fraction of sp³-hybridized carbons (Fsp3) is 0.261. The second kappa shape index (κ2) is 9.21. The summed E-state index contributed by atoms with van der Waals surface area (Å²) < 4.78 is 24.5. The average Bonchev–Trinajstić information content (AvgIpc) is 2.79. The highest BCUT2D eigenvalue weighted by molar-refractivity contribution is 6.33. The number of carbonyl (C=O) groups excluding carboxylic acids is 2. The van der Waals surface area contributed by atoms with Gasteiger partial charge in [-0.3, -0.25) is 14.4 Å². The van der Waals surface area contributed by atoms with Crippen LogP contribution in [0.15, 0.2) is 47.4 Å². The third kappa shape index (κ3) is 4.69. The zero-order valence-electron chi connectivity index (χ0n) is 17.6. The minimum Gasteiger partial charge on any atom is -0.481 e. The number of primary amides is 1. The van der Waals surface area contributed by atoms with Crippen LogP contribution in [0, 0.1) is 5.82 Å². The molecule has 0 aliphatic carbocycles. The number of fused-ring (bicyclic) bond motifs is 1. The van der Waals surface area contributed by atoms with Gasteiger partial charge in [0.25, 0.3) is 11.5 Å². The van der Waals surface area contributed by atoms with E-state index in [0.717, 1.165) is 0 Å². The molecule has 3 aromatic rings. The van der Waals surface area contributed by atoms with Crippen LogP contribution in [-0.2, 0) is 14.3 Å². The van der Waals surface area contributed by atoms with Crippen molar-refractivity contribution in [1.29, 1.82) is 0 Å². The topological polar surface area (TPSA) is 115 Å². The van der Waals surface area contributed by atoms with Gasteiger partial charge in [0.1, 0.15) is 11.6 Å². The highest BCUT2D eigenvalue weighted by atomic mass is 35.5. The molecule has 1 saturated heterocycles. The van der Waals surface area contributed by atoms with Gasteiger partial charge in [0.15, 0.2) is 12.2 Å². The Morgan fingerprint density at radius 1 is 1.24 bits per heavy atom. The van der Waals surface area contributed by atoms with Crippen LogP contribution in [0.5, 0.6) is 5.75 Å². The smallest absolute Gasteiger partial charge is 0.263 e. The molecule has 8 nitrogen and oxygen atoms in total. The maximum absolute atomic E-state index is 13.5. The zero-order valence-corrected chi connectivity index (χ0v) is 18.4. The van der Waals surface area contributed by atoms with E-state index in [4.69, 9.17) is 26.8 Å². The number of aromatic nitrogens is 1. The number of amides is 2. The molecule has 3 N–H and O–H groups in total. The highest BCUT2D eigenvalue weighted by Gasteiger charge is 2.30. The summed E-state index contributed by atoms with van der Waals surface area (Å²) in [5.41, 5.74) is 6.11. The SMILES string of the molecule is CC(Oc1ccc2c(-c3ccc(F)cc3Cl)c[nH]c(=O)c2c1)C(=O)N1CCO[C@H](C(N)=O)C1. The molecule has 1 aromatic heterocycles. The number of carbonyl (C=O) groups is 2. The number of hydrogen-bond donors (Lipinski definition) is 2. The van der Waals surface area contributed by atoms with E-state index in [0.29, 0.717) is 34.2 Å². The molecule has 1 fully saturated rings. The maximum atomic E-state index is 13.5. The summed E-state index contributed by atoms with van der Waals surface area (Å²) in [6.45, 7) is 2.16. The molecule has 2 atom stereocenters. The monoisotopic (exact) mass is 473 g/mol. The Morgan fingerprint density at radius 3 is 2.76 bits per heavy atom. The number of nitrogens with zero attached hydrogens (tertiary/aromatic N) is 1. The first-order chi connectivity index (χ1) is 15.7. The van der Waals surface area contributed by atoms with Crippen molar-refractivity contribution < 1.29 is 23.5 Å². The van der Waals surface area contributed by atoms with Gasteiger partial charge in [0, 0.05) is 23.9 Å². The number of rotatable bonds is 5. The third-order valence-electron chi connectivity index (χ3n) is 5.45. The largest absolute Gasteiger partial charge is 0.481 e. The van der Waals surface area contributed by atoms with E-state index in [1.54, 1.807) is 19.1 Å². The van der Waals surface area contributed by atoms with E-state index in [2.05, 4.69) is 4.98 Å². The number of H-pyrrole nitrogens is 1. The summed E-state index contributed by atoms with van der Waals surface area (Å²) in [5.74, 6) is -1.11. The standard InChI is InChI=1S/C23H21ClFN3O5/c1-12(23(31)28-6-7-32-20(11-28)21(26)29)33-14-3-5-15-17(9-14)22(30)27-10-18(15)16-4-2-13(25)8-19(16)24/h2-5,8-10,12,20H,6-7,11H2,1H3,(H2,26,29)(H,27,30)/t12?,20-/m0/s1. The number of hydrogen-bond acceptors (Lipinski definition) is 5. The van der Waals surface area contributed by atoms with E-state index in [1.807, 2.05) is 0 Å². The van der Waals surface area contributed by atoms with Gasteiger partial charge in [0.05, 0.1) is 23.6 Å². The Labute approximate surface area is 193 Å². The van der Waals surface area contributed by atoms with E-state index >= 15 is 0 Å². The van der Waals surface area contributed by atoms with Crippen LogP contribution in [0.4, 0.5) is 4.39 Å². The summed E-state index contributed by atoms with van der Waals surface area (Å²) >= 11 is 6.21.